The van der Waals surface area contributed by atoms with E-state index in [4.69, 9.17) is 21.4 Å². The number of aromatic carboxylic acids is 1. The van der Waals surface area contributed by atoms with Gasteiger partial charge in [-0.05, 0) is 42.8 Å². The van der Waals surface area contributed by atoms with Gasteiger partial charge in [0.05, 0.1) is 16.8 Å². The van der Waals surface area contributed by atoms with Crippen LogP contribution in [0.1, 0.15) is 21.6 Å². The Bertz CT molecular complexity index is 893. The highest BCUT2D eigenvalue weighted by molar-refractivity contribution is 6.30. The minimum Gasteiger partial charge on any atom is -0.489 e. The number of carboxylic acid groups (broad SMARTS) is 1. The molecule has 4 nitrogen and oxygen atoms in total. The van der Waals surface area contributed by atoms with Gasteiger partial charge < -0.3 is 9.84 Å². The number of hydrogen-bond acceptors (Lipinski definition) is 3. The lowest BCUT2D eigenvalue weighted by atomic mass is 10.1. The molecule has 0 aliphatic rings. The smallest absolute Gasteiger partial charge is 0.337 e. The molecule has 0 bridgehead atoms. The highest BCUT2D eigenvalue weighted by Crippen LogP contribution is 2.23. The molecule has 1 heterocycles. The Labute approximate surface area is 138 Å². The summed E-state index contributed by atoms with van der Waals surface area (Å²) in [6.45, 7) is 2.08. The van der Waals surface area contributed by atoms with Crippen molar-refractivity contribution >= 4 is 28.5 Å². The van der Waals surface area contributed by atoms with Crippen LogP contribution >= 0.6 is 11.6 Å². The number of ether oxygens (including phenoxy) is 1. The van der Waals surface area contributed by atoms with Crippen LogP contribution in [0.15, 0.2) is 48.5 Å². The van der Waals surface area contributed by atoms with Crippen LogP contribution in [0.3, 0.4) is 0 Å². The van der Waals surface area contributed by atoms with Crippen molar-refractivity contribution in [3.05, 3.63) is 70.4 Å². The third-order valence-electron chi connectivity index (χ3n) is 3.50. The van der Waals surface area contributed by atoms with Crippen molar-refractivity contribution in [2.45, 2.75) is 13.5 Å². The molecule has 0 amide bonds. The van der Waals surface area contributed by atoms with E-state index in [0.29, 0.717) is 28.6 Å². The summed E-state index contributed by atoms with van der Waals surface area (Å²) < 4.78 is 5.76. The zero-order valence-corrected chi connectivity index (χ0v) is 13.2. The first kappa shape index (κ1) is 15.3. The largest absolute Gasteiger partial charge is 0.489 e. The van der Waals surface area contributed by atoms with Crippen LogP contribution in [-0.2, 0) is 6.61 Å². The molecular formula is C18H14ClNO3. The SMILES string of the molecule is Cc1nc2cc(OCc3cccc(Cl)c3)ccc2cc1C(=O)O. The minimum atomic E-state index is -0.974. The molecule has 0 aliphatic heterocycles. The average molecular weight is 328 g/mol. The van der Waals surface area contributed by atoms with Gasteiger partial charge in [0.15, 0.2) is 0 Å². The van der Waals surface area contributed by atoms with E-state index in [0.717, 1.165) is 10.9 Å². The topological polar surface area (TPSA) is 59.4 Å². The molecule has 23 heavy (non-hydrogen) atoms. The van der Waals surface area contributed by atoms with E-state index in [1.807, 2.05) is 30.3 Å². The monoisotopic (exact) mass is 327 g/mol. The van der Waals surface area contributed by atoms with Crippen LogP contribution < -0.4 is 4.74 Å². The van der Waals surface area contributed by atoms with E-state index < -0.39 is 5.97 Å². The van der Waals surface area contributed by atoms with Gasteiger partial charge in [0.1, 0.15) is 12.4 Å². The number of benzene rings is 2. The van der Waals surface area contributed by atoms with Gasteiger partial charge in [-0.15, -0.1) is 0 Å². The maximum absolute atomic E-state index is 11.1. The van der Waals surface area contributed by atoms with Crippen molar-refractivity contribution < 1.29 is 14.6 Å². The van der Waals surface area contributed by atoms with Crippen LogP contribution in [0.25, 0.3) is 10.9 Å². The fourth-order valence-corrected chi connectivity index (χ4v) is 2.56. The minimum absolute atomic E-state index is 0.213. The summed E-state index contributed by atoms with van der Waals surface area (Å²) in [5, 5.41) is 10.6. The second-order valence-corrected chi connectivity index (χ2v) is 5.64. The average Bonchev–Trinajstić information content (AvgIpc) is 2.52. The van der Waals surface area contributed by atoms with Crippen molar-refractivity contribution in [2.75, 3.05) is 0 Å². The zero-order chi connectivity index (χ0) is 16.4. The number of hydrogen-bond donors (Lipinski definition) is 1. The van der Waals surface area contributed by atoms with E-state index >= 15 is 0 Å². The Balaban J connectivity index is 1.85. The highest BCUT2D eigenvalue weighted by atomic mass is 35.5. The fourth-order valence-electron chi connectivity index (χ4n) is 2.34. The van der Waals surface area contributed by atoms with Gasteiger partial charge in [0, 0.05) is 16.5 Å². The lowest BCUT2D eigenvalue weighted by Gasteiger charge is -2.09. The van der Waals surface area contributed by atoms with E-state index in [-0.39, 0.29) is 5.56 Å². The summed E-state index contributed by atoms with van der Waals surface area (Å²) in [7, 11) is 0. The standard InChI is InChI=1S/C18H14ClNO3/c1-11-16(18(21)22)8-13-5-6-15(9-17(13)20-11)23-10-12-3-2-4-14(19)7-12/h2-9H,10H2,1H3,(H,21,22). The Morgan fingerprint density at radius 3 is 2.78 bits per heavy atom. The van der Waals surface area contributed by atoms with Crippen molar-refractivity contribution in [2.24, 2.45) is 0 Å². The van der Waals surface area contributed by atoms with E-state index in [1.165, 1.54) is 0 Å². The molecule has 3 aromatic rings. The first-order chi connectivity index (χ1) is 11.0. The van der Waals surface area contributed by atoms with Crippen LogP contribution in [0.4, 0.5) is 0 Å². The number of carbonyl (C=O) groups is 1. The first-order valence-corrected chi connectivity index (χ1v) is 7.42. The number of halogens is 1. The van der Waals surface area contributed by atoms with Gasteiger partial charge in [-0.1, -0.05) is 23.7 Å². The third kappa shape index (κ3) is 3.43. The zero-order valence-electron chi connectivity index (χ0n) is 12.4. The van der Waals surface area contributed by atoms with E-state index in [1.54, 1.807) is 25.1 Å². The van der Waals surface area contributed by atoms with E-state index in [9.17, 15) is 4.79 Å². The summed E-state index contributed by atoms with van der Waals surface area (Å²) in [6, 6.07) is 14.5. The van der Waals surface area contributed by atoms with Gasteiger partial charge in [-0.25, -0.2) is 4.79 Å². The second kappa shape index (κ2) is 6.26. The van der Waals surface area contributed by atoms with Gasteiger partial charge in [0.25, 0.3) is 0 Å². The summed E-state index contributed by atoms with van der Waals surface area (Å²) in [5.74, 6) is -0.300. The molecule has 0 unspecified atom stereocenters. The molecule has 0 saturated carbocycles. The number of aromatic nitrogens is 1. The number of carboxylic acids is 1. The maximum atomic E-state index is 11.1. The molecule has 0 fully saturated rings. The second-order valence-electron chi connectivity index (χ2n) is 5.20. The Hall–Kier alpha value is -2.59. The van der Waals surface area contributed by atoms with Gasteiger partial charge >= 0.3 is 5.97 Å². The van der Waals surface area contributed by atoms with Crippen LogP contribution in [0.5, 0.6) is 5.75 Å². The molecule has 0 radical (unpaired) electrons. The lowest BCUT2D eigenvalue weighted by molar-refractivity contribution is 0.0696. The van der Waals surface area contributed by atoms with Gasteiger partial charge in [-0.2, -0.15) is 0 Å². The number of nitrogens with zero attached hydrogens (tertiary/aromatic N) is 1. The summed E-state index contributed by atoms with van der Waals surface area (Å²) in [4.78, 5) is 15.5. The van der Waals surface area contributed by atoms with Crippen LogP contribution in [0.2, 0.25) is 5.02 Å². The first-order valence-electron chi connectivity index (χ1n) is 7.05. The summed E-state index contributed by atoms with van der Waals surface area (Å²) in [5.41, 5.74) is 2.38. The molecule has 2 aromatic carbocycles. The number of pyridine rings is 1. The van der Waals surface area contributed by atoms with Crippen LogP contribution in [0, 0.1) is 6.92 Å². The molecule has 0 aliphatic carbocycles. The maximum Gasteiger partial charge on any atom is 0.337 e. The van der Waals surface area contributed by atoms with Crippen molar-refractivity contribution in [3.63, 3.8) is 0 Å². The molecular weight excluding hydrogens is 314 g/mol. The highest BCUT2D eigenvalue weighted by Gasteiger charge is 2.10. The van der Waals surface area contributed by atoms with Crippen molar-refractivity contribution in [1.29, 1.82) is 0 Å². The molecule has 0 spiro atoms. The Morgan fingerprint density at radius 1 is 1.22 bits per heavy atom. The number of aryl methyl sites for hydroxylation is 1. The van der Waals surface area contributed by atoms with Crippen molar-refractivity contribution in [1.82, 2.24) is 4.98 Å². The number of fused-ring (bicyclic) bond motifs is 1. The summed E-state index contributed by atoms with van der Waals surface area (Å²) in [6.07, 6.45) is 0. The van der Waals surface area contributed by atoms with Crippen molar-refractivity contribution in [3.8, 4) is 5.75 Å². The Morgan fingerprint density at radius 2 is 2.04 bits per heavy atom. The molecule has 5 heteroatoms. The molecule has 3 rings (SSSR count). The molecule has 1 aromatic heterocycles. The third-order valence-corrected chi connectivity index (χ3v) is 3.74. The Kier molecular flexibility index (Phi) is 4.17. The predicted molar refractivity (Wildman–Crippen MR) is 89.2 cm³/mol. The van der Waals surface area contributed by atoms with Gasteiger partial charge in [0.2, 0.25) is 0 Å². The van der Waals surface area contributed by atoms with Gasteiger partial charge in [-0.3, -0.25) is 4.98 Å². The van der Waals surface area contributed by atoms with Crippen LogP contribution in [-0.4, -0.2) is 16.1 Å². The number of rotatable bonds is 4. The quantitative estimate of drug-likeness (QED) is 0.767. The predicted octanol–water partition coefficient (Wildman–Crippen LogP) is 4.47. The molecule has 0 atom stereocenters. The summed E-state index contributed by atoms with van der Waals surface area (Å²) >= 11 is 5.95. The molecule has 0 saturated heterocycles. The normalized spacial score (nSPS) is 10.7. The lowest BCUT2D eigenvalue weighted by Crippen LogP contribution is -2.02. The molecule has 116 valence electrons. The molecule has 1 N–H and O–H groups in total. The van der Waals surface area contributed by atoms with E-state index in [2.05, 4.69) is 4.98 Å². The fraction of sp³-hybridized carbons (Fsp3) is 0.111.